The first-order chi connectivity index (χ1) is 6.59. The molecule has 1 aromatic heterocycles. The zero-order valence-corrected chi connectivity index (χ0v) is 8.57. The van der Waals surface area contributed by atoms with Crippen LogP contribution in [0, 0.1) is 11.7 Å². The Kier molecular flexibility index (Phi) is 4.01. The Morgan fingerprint density at radius 3 is 2.57 bits per heavy atom. The zero-order valence-electron chi connectivity index (χ0n) is 8.57. The standard InChI is InChI=1S/C11H16FNO/c1-8(2)3-6-11(14)10-5-4-9(12)7-13-10/h4-5,7-8,11,14H,3,6H2,1-2H3. The molecule has 0 amide bonds. The van der Waals surface area contributed by atoms with E-state index in [-0.39, 0.29) is 5.82 Å². The molecule has 0 radical (unpaired) electrons. The van der Waals surface area contributed by atoms with Gasteiger partial charge < -0.3 is 5.11 Å². The zero-order chi connectivity index (χ0) is 10.6. The van der Waals surface area contributed by atoms with Crippen molar-refractivity contribution in [3.05, 3.63) is 29.8 Å². The van der Waals surface area contributed by atoms with Crippen LogP contribution in [0.3, 0.4) is 0 Å². The Morgan fingerprint density at radius 1 is 1.36 bits per heavy atom. The van der Waals surface area contributed by atoms with E-state index < -0.39 is 6.10 Å². The molecule has 0 saturated carbocycles. The molecule has 2 nitrogen and oxygen atoms in total. The van der Waals surface area contributed by atoms with Crippen LogP contribution in [-0.4, -0.2) is 10.1 Å². The largest absolute Gasteiger partial charge is 0.387 e. The van der Waals surface area contributed by atoms with Gasteiger partial charge >= 0.3 is 0 Å². The summed E-state index contributed by atoms with van der Waals surface area (Å²) in [5.74, 6) is 0.190. The summed E-state index contributed by atoms with van der Waals surface area (Å²) in [7, 11) is 0. The van der Waals surface area contributed by atoms with Gasteiger partial charge in [-0.3, -0.25) is 4.98 Å². The molecular formula is C11H16FNO. The summed E-state index contributed by atoms with van der Waals surface area (Å²) in [6, 6.07) is 2.85. The third-order valence-corrected chi connectivity index (χ3v) is 2.11. The SMILES string of the molecule is CC(C)CCC(O)c1ccc(F)cn1. The second-order valence-corrected chi connectivity index (χ2v) is 3.89. The number of hydrogen-bond donors (Lipinski definition) is 1. The van der Waals surface area contributed by atoms with Crippen LogP contribution in [0.4, 0.5) is 4.39 Å². The molecule has 1 N–H and O–H groups in total. The molecule has 0 aliphatic rings. The minimum Gasteiger partial charge on any atom is -0.387 e. The van der Waals surface area contributed by atoms with Gasteiger partial charge in [0.1, 0.15) is 5.82 Å². The van der Waals surface area contributed by atoms with Gasteiger partial charge in [0, 0.05) is 0 Å². The van der Waals surface area contributed by atoms with Crippen LogP contribution in [-0.2, 0) is 0 Å². The highest BCUT2D eigenvalue weighted by Crippen LogP contribution is 2.18. The van der Waals surface area contributed by atoms with Crippen molar-refractivity contribution in [2.24, 2.45) is 5.92 Å². The Balaban J connectivity index is 2.52. The van der Waals surface area contributed by atoms with E-state index in [0.717, 1.165) is 12.6 Å². The van der Waals surface area contributed by atoms with Gasteiger partial charge in [0.15, 0.2) is 0 Å². The third kappa shape index (κ3) is 3.42. The summed E-state index contributed by atoms with van der Waals surface area (Å²) in [5, 5.41) is 9.68. The molecule has 78 valence electrons. The van der Waals surface area contributed by atoms with Gasteiger partial charge in [-0.1, -0.05) is 13.8 Å². The second-order valence-electron chi connectivity index (χ2n) is 3.89. The summed E-state index contributed by atoms with van der Waals surface area (Å²) in [6.45, 7) is 4.20. The number of aliphatic hydroxyl groups excluding tert-OH is 1. The average Bonchev–Trinajstić information content (AvgIpc) is 2.15. The fourth-order valence-electron chi connectivity index (χ4n) is 1.22. The van der Waals surface area contributed by atoms with E-state index >= 15 is 0 Å². The Labute approximate surface area is 83.8 Å². The first-order valence-corrected chi connectivity index (χ1v) is 4.89. The van der Waals surface area contributed by atoms with E-state index in [1.807, 2.05) is 0 Å². The van der Waals surface area contributed by atoms with Crippen LogP contribution in [0.25, 0.3) is 0 Å². The predicted molar refractivity (Wildman–Crippen MR) is 53.2 cm³/mol. The number of pyridine rings is 1. The van der Waals surface area contributed by atoms with Crippen LogP contribution < -0.4 is 0 Å². The summed E-state index contributed by atoms with van der Waals surface area (Å²) in [6.07, 6.45) is 2.18. The maximum absolute atomic E-state index is 12.5. The number of nitrogens with zero attached hydrogens (tertiary/aromatic N) is 1. The van der Waals surface area contributed by atoms with Gasteiger partial charge in [0.25, 0.3) is 0 Å². The molecule has 1 atom stereocenters. The maximum atomic E-state index is 12.5. The van der Waals surface area contributed by atoms with Crippen LogP contribution in [0.1, 0.15) is 38.5 Å². The molecule has 1 aromatic rings. The first kappa shape index (κ1) is 11.1. The molecule has 3 heteroatoms. The second kappa shape index (κ2) is 5.05. The van der Waals surface area contributed by atoms with Crippen molar-refractivity contribution in [1.82, 2.24) is 4.98 Å². The van der Waals surface area contributed by atoms with E-state index in [2.05, 4.69) is 18.8 Å². The van der Waals surface area contributed by atoms with Crippen molar-refractivity contribution in [3.8, 4) is 0 Å². The molecule has 0 aliphatic carbocycles. The first-order valence-electron chi connectivity index (χ1n) is 4.89. The molecule has 1 rings (SSSR count). The minimum absolute atomic E-state index is 0.371. The lowest BCUT2D eigenvalue weighted by Crippen LogP contribution is -2.02. The summed E-state index contributed by atoms with van der Waals surface area (Å²) < 4.78 is 12.5. The van der Waals surface area contributed by atoms with Gasteiger partial charge in [-0.2, -0.15) is 0 Å². The number of hydrogen-bond acceptors (Lipinski definition) is 2. The number of aliphatic hydroxyl groups is 1. The Morgan fingerprint density at radius 2 is 2.07 bits per heavy atom. The van der Waals surface area contributed by atoms with Crippen molar-refractivity contribution in [2.45, 2.75) is 32.8 Å². The Hall–Kier alpha value is -0.960. The van der Waals surface area contributed by atoms with Crippen molar-refractivity contribution < 1.29 is 9.50 Å². The molecule has 0 spiro atoms. The highest BCUT2D eigenvalue weighted by molar-refractivity contribution is 5.07. The van der Waals surface area contributed by atoms with Crippen LogP contribution in [0.15, 0.2) is 18.3 Å². The lowest BCUT2D eigenvalue weighted by molar-refractivity contribution is 0.154. The van der Waals surface area contributed by atoms with Gasteiger partial charge in [-0.25, -0.2) is 4.39 Å². The van der Waals surface area contributed by atoms with E-state index in [4.69, 9.17) is 0 Å². The van der Waals surface area contributed by atoms with Gasteiger partial charge in [-0.05, 0) is 30.9 Å². The molecular weight excluding hydrogens is 181 g/mol. The van der Waals surface area contributed by atoms with Gasteiger partial charge in [0.2, 0.25) is 0 Å². The van der Waals surface area contributed by atoms with Gasteiger partial charge in [0.05, 0.1) is 18.0 Å². The maximum Gasteiger partial charge on any atom is 0.141 e. The molecule has 1 heterocycles. The predicted octanol–water partition coefficient (Wildman–Crippen LogP) is 2.69. The summed E-state index contributed by atoms with van der Waals surface area (Å²) >= 11 is 0. The molecule has 0 aliphatic heterocycles. The van der Waals surface area contributed by atoms with Crippen LogP contribution in [0.2, 0.25) is 0 Å². The number of rotatable bonds is 4. The summed E-state index contributed by atoms with van der Waals surface area (Å²) in [4.78, 5) is 3.83. The normalized spacial score (nSPS) is 13.2. The highest BCUT2D eigenvalue weighted by atomic mass is 19.1. The Bertz CT molecular complexity index is 271. The van der Waals surface area contributed by atoms with Crippen molar-refractivity contribution in [1.29, 1.82) is 0 Å². The van der Waals surface area contributed by atoms with Crippen molar-refractivity contribution >= 4 is 0 Å². The molecule has 1 unspecified atom stereocenters. The average molecular weight is 197 g/mol. The number of aromatic nitrogens is 1. The highest BCUT2D eigenvalue weighted by Gasteiger charge is 2.09. The lowest BCUT2D eigenvalue weighted by Gasteiger charge is -2.11. The van der Waals surface area contributed by atoms with Crippen LogP contribution >= 0.6 is 0 Å². The quantitative estimate of drug-likeness (QED) is 0.805. The number of halogens is 1. The monoisotopic (exact) mass is 197 g/mol. The lowest BCUT2D eigenvalue weighted by atomic mass is 10.0. The van der Waals surface area contributed by atoms with E-state index in [1.165, 1.54) is 12.1 Å². The minimum atomic E-state index is -0.571. The van der Waals surface area contributed by atoms with Crippen LogP contribution in [0.5, 0.6) is 0 Å². The molecule has 14 heavy (non-hydrogen) atoms. The molecule has 0 fully saturated rings. The topological polar surface area (TPSA) is 33.1 Å². The molecule has 0 saturated heterocycles. The smallest absolute Gasteiger partial charge is 0.141 e. The fraction of sp³-hybridized carbons (Fsp3) is 0.545. The third-order valence-electron chi connectivity index (χ3n) is 2.11. The van der Waals surface area contributed by atoms with E-state index in [1.54, 1.807) is 0 Å². The molecule has 0 bridgehead atoms. The van der Waals surface area contributed by atoms with Gasteiger partial charge in [-0.15, -0.1) is 0 Å². The van der Waals surface area contributed by atoms with E-state index in [9.17, 15) is 9.50 Å². The van der Waals surface area contributed by atoms with Crippen molar-refractivity contribution in [3.63, 3.8) is 0 Å². The summed E-state index contributed by atoms with van der Waals surface area (Å²) in [5.41, 5.74) is 0.548. The van der Waals surface area contributed by atoms with Crippen molar-refractivity contribution in [2.75, 3.05) is 0 Å². The molecule has 0 aromatic carbocycles. The fourth-order valence-corrected chi connectivity index (χ4v) is 1.22. The van der Waals surface area contributed by atoms with E-state index in [0.29, 0.717) is 18.0 Å².